The Labute approximate surface area is 380 Å². The van der Waals surface area contributed by atoms with Crippen LogP contribution in [-0.2, 0) is 9.59 Å². The fraction of sp³-hybridized carbons (Fsp3) is 0.551. The summed E-state index contributed by atoms with van der Waals surface area (Å²) in [7, 11) is 1.42. The number of nitrogens with one attached hydrogen (secondary N) is 2. The number of nitriles is 1. The number of piperidine rings is 2. The number of ether oxygens (including phenoxy) is 3. The number of aryl methyl sites for hydroxylation is 2. The summed E-state index contributed by atoms with van der Waals surface area (Å²) < 4.78 is 18.4. The van der Waals surface area contributed by atoms with E-state index in [4.69, 9.17) is 14.2 Å². The molecule has 2 aliphatic carbocycles. The van der Waals surface area contributed by atoms with Gasteiger partial charge >= 0.3 is 0 Å². The minimum atomic E-state index is -1.07. The minimum Gasteiger partial charge on any atom is -0.496 e. The smallest absolute Gasteiger partial charge is 0.266 e. The average molecular weight is 889 g/mol. The number of benzene rings is 2. The van der Waals surface area contributed by atoms with Gasteiger partial charge in [0, 0.05) is 86.3 Å². The van der Waals surface area contributed by atoms with E-state index < -0.39 is 29.7 Å². The van der Waals surface area contributed by atoms with Crippen molar-refractivity contribution in [2.45, 2.75) is 130 Å². The number of hydrogen-bond donors (Lipinski definition) is 2. The van der Waals surface area contributed by atoms with Crippen LogP contribution in [0.5, 0.6) is 17.2 Å². The monoisotopic (exact) mass is 888 g/mol. The SMILES string of the molecule is COc1cc(OC2CC(N(CC3CCN(c4ncc(C(=O)NC5C(C)(C)C(Oc6cc(C)c(C#N)c(C)c6)C5(C)C)cn4)CC3)C(C)C)C2)cc2c1C(=O)N(C1CCC(=O)NC1=O)C2=O. The number of carbonyl (C=O) groups excluding carboxylic acids is 5. The molecule has 1 unspecified atom stereocenters. The first-order valence-corrected chi connectivity index (χ1v) is 22.7. The number of imide groups is 2. The molecule has 1 atom stereocenters. The first-order chi connectivity index (χ1) is 30.8. The lowest BCUT2D eigenvalue weighted by Crippen LogP contribution is -2.74. The van der Waals surface area contributed by atoms with E-state index >= 15 is 0 Å². The lowest BCUT2D eigenvalue weighted by molar-refractivity contribution is -0.164. The van der Waals surface area contributed by atoms with Crippen molar-refractivity contribution in [3.8, 4) is 23.3 Å². The zero-order valence-electron chi connectivity index (χ0n) is 38.8. The zero-order valence-corrected chi connectivity index (χ0v) is 38.8. The number of amides is 5. The Kier molecular flexibility index (Phi) is 12.2. The van der Waals surface area contributed by atoms with Crippen molar-refractivity contribution in [3.05, 3.63) is 70.0 Å². The number of anilines is 1. The van der Waals surface area contributed by atoms with Crippen LogP contribution in [0.2, 0.25) is 0 Å². The lowest BCUT2D eigenvalue weighted by atomic mass is 9.49. The molecular weight excluding hydrogens is 829 g/mol. The molecule has 4 fully saturated rings. The Morgan fingerprint density at radius 1 is 0.938 bits per heavy atom. The fourth-order valence-electron chi connectivity index (χ4n) is 11.2. The largest absolute Gasteiger partial charge is 0.496 e. The summed E-state index contributed by atoms with van der Waals surface area (Å²) in [4.78, 5) is 79.7. The van der Waals surface area contributed by atoms with Crippen LogP contribution in [0, 0.1) is 41.9 Å². The summed E-state index contributed by atoms with van der Waals surface area (Å²) in [6, 6.07) is 8.68. The van der Waals surface area contributed by atoms with Gasteiger partial charge in [-0.2, -0.15) is 5.26 Å². The molecule has 4 heterocycles. The van der Waals surface area contributed by atoms with E-state index in [1.807, 2.05) is 26.0 Å². The number of rotatable bonds is 13. The van der Waals surface area contributed by atoms with Crippen molar-refractivity contribution >= 4 is 35.5 Å². The highest BCUT2D eigenvalue weighted by atomic mass is 16.5. The molecule has 0 bridgehead atoms. The van der Waals surface area contributed by atoms with E-state index in [1.165, 1.54) is 7.11 Å². The van der Waals surface area contributed by atoms with Crippen LogP contribution in [0.1, 0.15) is 128 Å². The molecule has 65 heavy (non-hydrogen) atoms. The van der Waals surface area contributed by atoms with Gasteiger partial charge in [0.25, 0.3) is 17.7 Å². The molecule has 2 aromatic carbocycles. The molecular formula is C49H60N8O8. The maximum absolute atomic E-state index is 13.6. The molecule has 2 N–H and O–H groups in total. The molecule has 8 rings (SSSR count). The highest BCUT2D eigenvalue weighted by molar-refractivity contribution is 6.24. The molecule has 16 heteroatoms. The van der Waals surface area contributed by atoms with Crippen molar-refractivity contribution in [3.63, 3.8) is 0 Å². The summed E-state index contributed by atoms with van der Waals surface area (Å²) in [6.45, 7) is 19.3. The molecule has 344 valence electrons. The van der Waals surface area contributed by atoms with Crippen LogP contribution in [0.25, 0.3) is 0 Å². The van der Waals surface area contributed by atoms with Crippen LogP contribution >= 0.6 is 0 Å². The van der Waals surface area contributed by atoms with Crippen molar-refractivity contribution in [1.29, 1.82) is 5.26 Å². The maximum atomic E-state index is 13.6. The summed E-state index contributed by atoms with van der Waals surface area (Å²) in [6.07, 6.45) is 6.66. The average Bonchev–Trinajstić information content (AvgIpc) is 3.50. The molecule has 5 aliphatic rings. The second-order valence-corrected chi connectivity index (χ2v) is 19.9. The molecule has 3 aromatic rings. The third-order valence-electron chi connectivity index (χ3n) is 14.5. The Balaban J connectivity index is 0.813. The van der Waals surface area contributed by atoms with E-state index in [2.05, 4.69) is 78.0 Å². The highest BCUT2D eigenvalue weighted by Crippen LogP contribution is 2.55. The van der Waals surface area contributed by atoms with Crippen molar-refractivity contribution < 1.29 is 38.2 Å². The van der Waals surface area contributed by atoms with E-state index in [0.29, 0.717) is 40.8 Å². The van der Waals surface area contributed by atoms with Gasteiger partial charge in [0.2, 0.25) is 17.8 Å². The van der Waals surface area contributed by atoms with E-state index in [0.717, 1.165) is 67.1 Å². The van der Waals surface area contributed by atoms with Gasteiger partial charge in [-0.25, -0.2) is 9.97 Å². The summed E-state index contributed by atoms with van der Waals surface area (Å²) in [5.74, 6) is -0.0985. The quantitative estimate of drug-likeness (QED) is 0.204. The van der Waals surface area contributed by atoms with E-state index in [9.17, 15) is 29.2 Å². The van der Waals surface area contributed by atoms with Gasteiger partial charge in [-0.3, -0.25) is 39.1 Å². The van der Waals surface area contributed by atoms with Crippen LogP contribution < -0.4 is 29.7 Å². The van der Waals surface area contributed by atoms with E-state index in [-0.39, 0.29) is 64.7 Å². The van der Waals surface area contributed by atoms with Crippen molar-refractivity contribution in [1.82, 2.24) is 30.4 Å². The van der Waals surface area contributed by atoms with E-state index in [1.54, 1.807) is 24.5 Å². The Morgan fingerprint density at radius 3 is 2.15 bits per heavy atom. The molecule has 2 saturated carbocycles. The minimum absolute atomic E-state index is 0.0403. The molecule has 3 aliphatic heterocycles. The predicted octanol–water partition coefficient (Wildman–Crippen LogP) is 5.52. The topological polar surface area (TPSA) is 196 Å². The second-order valence-electron chi connectivity index (χ2n) is 19.9. The number of fused-ring (bicyclic) bond motifs is 1. The number of aromatic nitrogens is 2. The van der Waals surface area contributed by atoms with Gasteiger partial charge in [-0.15, -0.1) is 0 Å². The molecule has 1 aromatic heterocycles. The first-order valence-electron chi connectivity index (χ1n) is 22.7. The van der Waals surface area contributed by atoms with Crippen LogP contribution in [0.4, 0.5) is 5.95 Å². The van der Waals surface area contributed by atoms with Crippen LogP contribution in [-0.4, -0.2) is 112 Å². The maximum Gasteiger partial charge on any atom is 0.266 e. The fourth-order valence-corrected chi connectivity index (χ4v) is 11.2. The predicted molar refractivity (Wildman–Crippen MR) is 240 cm³/mol. The Bertz CT molecular complexity index is 2410. The number of hydrogen-bond acceptors (Lipinski definition) is 13. The van der Waals surface area contributed by atoms with Gasteiger partial charge in [-0.1, -0.05) is 27.7 Å². The molecule has 5 amide bonds. The van der Waals surface area contributed by atoms with Crippen LogP contribution in [0.3, 0.4) is 0 Å². The highest BCUT2D eigenvalue weighted by Gasteiger charge is 2.64. The number of nitrogens with zero attached hydrogens (tertiary/aromatic N) is 6. The normalized spacial score (nSPS) is 24.8. The Morgan fingerprint density at radius 2 is 1.57 bits per heavy atom. The lowest BCUT2D eigenvalue weighted by Gasteiger charge is -2.63. The summed E-state index contributed by atoms with van der Waals surface area (Å²) >= 11 is 0. The van der Waals surface area contributed by atoms with Gasteiger partial charge in [-0.05, 0) is 82.2 Å². The van der Waals surface area contributed by atoms with Gasteiger partial charge < -0.3 is 24.4 Å². The number of methoxy groups -OCH3 is 1. The van der Waals surface area contributed by atoms with Gasteiger partial charge in [0.15, 0.2) is 0 Å². The molecule has 0 radical (unpaired) electrons. The third kappa shape index (κ3) is 8.39. The third-order valence-corrected chi connectivity index (χ3v) is 14.5. The zero-order chi connectivity index (χ0) is 46.7. The first kappa shape index (κ1) is 45.5. The van der Waals surface area contributed by atoms with Crippen molar-refractivity contribution in [2.75, 3.05) is 31.6 Å². The van der Waals surface area contributed by atoms with Crippen LogP contribution in [0.15, 0.2) is 36.7 Å². The van der Waals surface area contributed by atoms with Gasteiger partial charge in [0.1, 0.15) is 35.5 Å². The standard InChI is InChI=1S/C49H60N8O8/c1-26(2)56(31-18-33(19-31)64-34-20-35-40(38(21-34)63-9)44(62)57(43(35)61)37-10-11-39(58)53-42(37)60)25-29-12-14-55(15-13-29)47-51-23-30(24-52-47)41(59)54-45-48(5,6)46(49(45,7)8)65-32-16-27(3)36(22-50)28(4)17-32/h16-17,20-21,23-24,26,29,31,33,37,45-46H,10-15,18-19,25H2,1-9H3,(H,54,59)(H,53,58,60). The molecule has 2 saturated heterocycles. The summed E-state index contributed by atoms with van der Waals surface area (Å²) in [5, 5.41) is 15.0. The summed E-state index contributed by atoms with van der Waals surface area (Å²) in [5.41, 5.74) is 2.31. The Hall–Kier alpha value is -6.08. The molecule has 0 spiro atoms. The number of carbonyl (C=O) groups is 5. The molecule has 16 nitrogen and oxygen atoms in total. The second kappa shape index (κ2) is 17.4. The van der Waals surface area contributed by atoms with Gasteiger partial charge in [0.05, 0.1) is 35.4 Å². The van der Waals surface area contributed by atoms with Crippen molar-refractivity contribution in [2.24, 2.45) is 16.7 Å².